The number of piperidine rings is 1. The van der Waals surface area contributed by atoms with Crippen molar-refractivity contribution in [3.63, 3.8) is 0 Å². The Morgan fingerprint density at radius 1 is 1.12 bits per heavy atom. The van der Waals surface area contributed by atoms with E-state index in [0.717, 1.165) is 6.54 Å². The zero-order valence-electron chi connectivity index (χ0n) is 12.0. The normalized spacial score (nSPS) is 19.8. The van der Waals surface area contributed by atoms with Crippen molar-refractivity contribution in [2.75, 3.05) is 26.2 Å². The lowest BCUT2D eigenvalue weighted by Gasteiger charge is -2.35. The molecule has 0 aromatic rings. The fraction of sp³-hybridized carbons (Fsp3) is 1.00. The molecule has 1 heterocycles. The largest absolute Gasteiger partial charge is 0.328 e. The summed E-state index contributed by atoms with van der Waals surface area (Å²) in [5.41, 5.74) is 6.28. The molecule has 0 bridgehead atoms. The van der Waals surface area contributed by atoms with Crippen molar-refractivity contribution in [1.29, 1.82) is 0 Å². The Bertz CT molecular complexity index is 185. The third-order valence-corrected chi connectivity index (χ3v) is 4.59. The molecule has 0 radical (unpaired) electrons. The summed E-state index contributed by atoms with van der Waals surface area (Å²) < 4.78 is 0. The number of hydrogen-bond donors (Lipinski definition) is 2. The van der Waals surface area contributed by atoms with Gasteiger partial charge in [0.1, 0.15) is 0 Å². The molecule has 1 aliphatic heterocycles. The Kier molecular flexibility index (Phi) is 6.45. The lowest BCUT2D eigenvalue weighted by Crippen LogP contribution is -2.48. The van der Waals surface area contributed by atoms with E-state index < -0.39 is 0 Å². The van der Waals surface area contributed by atoms with Crippen molar-refractivity contribution >= 4 is 0 Å². The number of nitrogens with zero attached hydrogens (tertiary/aromatic N) is 1. The van der Waals surface area contributed by atoms with Crippen LogP contribution >= 0.6 is 0 Å². The minimum atomic E-state index is 0.367. The highest BCUT2D eigenvalue weighted by Gasteiger charge is 2.23. The van der Waals surface area contributed by atoms with Gasteiger partial charge in [0.15, 0.2) is 0 Å². The number of nitrogens with one attached hydrogen (secondary N) is 1. The van der Waals surface area contributed by atoms with Crippen LogP contribution in [0.2, 0.25) is 0 Å². The molecule has 102 valence electrons. The first-order chi connectivity index (χ1) is 8.15. The molecule has 0 amide bonds. The average molecular weight is 241 g/mol. The highest BCUT2D eigenvalue weighted by atomic mass is 15.2. The summed E-state index contributed by atoms with van der Waals surface area (Å²) in [7, 11) is 0. The minimum absolute atomic E-state index is 0.367. The number of nitrogens with two attached hydrogens (primary N) is 1. The molecular formula is C14H31N3. The molecule has 17 heavy (non-hydrogen) atoms. The van der Waals surface area contributed by atoms with Gasteiger partial charge in [-0.2, -0.15) is 0 Å². The molecule has 1 rings (SSSR count). The maximum absolute atomic E-state index is 5.92. The van der Waals surface area contributed by atoms with Gasteiger partial charge < -0.3 is 16.0 Å². The molecule has 1 aliphatic rings. The number of rotatable bonds is 7. The second-order valence-corrected chi connectivity index (χ2v) is 5.45. The molecule has 1 saturated heterocycles. The molecule has 1 fully saturated rings. The smallest absolute Gasteiger partial charge is 0.0174 e. The highest BCUT2D eigenvalue weighted by molar-refractivity contribution is 4.84. The van der Waals surface area contributed by atoms with Gasteiger partial charge in [0.2, 0.25) is 0 Å². The van der Waals surface area contributed by atoms with Crippen LogP contribution in [0.15, 0.2) is 0 Å². The van der Waals surface area contributed by atoms with Gasteiger partial charge in [0.05, 0.1) is 0 Å². The summed E-state index contributed by atoms with van der Waals surface area (Å²) in [6.45, 7) is 11.5. The van der Waals surface area contributed by atoms with Gasteiger partial charge >= 0.3 is 0 Å². The Balaban J connectivity index is 2.22. The van der Waals surface area contributed by atoms with Crippen LogP contribution in [0.4, 0.5) is 0 Å². The number of hydrogen-bond acceptors (Lipinski definition) is 3. The van der Waals surface area contributed by atoms with Crippen molar-refractivity contribution < 1.29 is 0 Å². The topological polar surface area (TPSA) is 41.3 Å². The van der Waals surface area contributed by atoms with E-state index in [4.69, 9.17) is 5.73 Å². The third-order valence-electron chi connectivity index (χ3n) is 4.59. The molecule has 0 aromatic heterocycles. The summed E-state index contributed by atoms with van der Waals surface area (Å²) in [5, 5.41) is 3.77. The van der Waals surface area contributed by atoms with Crippen molar-refractivity contribution in [2.45, 2.75) is 64.5 Å². The van der Waals surface area contributed by atoms with Crippen molar-refractivity contribution in [1.82, 2.24) is 10.2 Å². The van der Waals surface area contributed by atoms with Crippen LogP contribution in [-0.4, -0.2) is 42.7 Å². The molecule has 3 heteroatoms. The summed E-state index contributed by atoms with van der Waals surface area (Å²) in [5.74, 6) is 0. The SMILES string of the molecule is CCC(CC)(CC)NCCN1CCC(N)CC1. The first-order valence-corrected chi connectivity index (χ1v) is 7.38. The number of likely N-dealkylation sites (tertiary alicyclic amines) is 1. The van der Waals surface area contributed by atoms with Crippen LogP contribution in [0.3, 0.4) is 0 Å². The summed E-state index contributed by atoms with van der Waals surface area (Å²) in [4.78, 5) is 2.54. The van der Waals surface area contributed by atoms with Gasteiger partial charge in [0, 0.05) is 24.7 Å². The predicted octanol–water partition coefficient (Wildman–Crippen LogP) is 1.97. The maximum Gasteiger partial charge on any atom is 0.0174 e. The standard InChI is InChI=1S/C14H31N3/c1-4-14(5-2,6-3)16-9-12-17-10-7-13(15)8-11-17/h13,16H,4-12,15H2,1-3H3. The van der Waals surface area contributed by atoms with Gasteiger partial charge in [-0.3, -0.25) is 0 Å². The van der Waals surface area contributed by atoms with E-state index in [1.54, 1.807) is 0 Å². The van der Waals surface area contributed by atoms with Crippen LogP contribution in [0, 0.1) is 0 Å². The molecular weight excluding hydrogens is 210 g/mol. The van der Waals surface area contributed by atoms with Crippen LogP contribution < -0.4 is 11.1 Å². The van der Waals surface area contributed by atoms with E-state index in [0.29, 0.717) is 11.6 Å². The van der Waals surface area contributed by atoms with E-state index >= 15 is 0 Å². The molecule has 0 aromatic carbocycles. The van der Waals surface area contributed by atoms with Crippen LogP contribution in [0.5, 0.6) is 0 Å². The highest BCUT2D eigenvalue weighted by Crippen LogP contribution is 2.18. The molecule has 3 nitrogen and oxygen atoms in total. The van der Waals surface area contributed by atoms with Crippen molar-refractivity contribution in [3.05, 3.63) is 0 Å². The fourth-order valence-electron chi connectivity index (χ4n) is 2.78. The first-order valence-electron chi connectivity index (χ1n) is 7.38. The second-order valence-electron chi connectivity index (χ2n) is 5.45. The van der Waals surface area contributed by atoms with E-state index in [-0.39, 0.29) is 0 Å². The van der Waals surface area contributed by atoms with E-state index in [2.05, 4.69) is 31.0 Å². The lowest BCUT2D eigenvalue weighted by atomic mass is 9.90. The Morgan fingerprint density at radius 3 is 2.12 bits per heavy atom. The molecule has 0 saturated carbocycles. The summed E-state index contributed by atoms with van der Waals surface area (Å²) >= 11 is 0. The zero-order chi connectivity index (χ0) is 12.7. The average Bonchev–Trinajstić information content (AvgIpc) is 2.38. The third kappa shape index (κ3) is 4.57. The van der Waals surface area contributed by atoms with E-state index in [1.807, 2.05) is 0 Å². The zero-order valence-corrected chi connectivity index (χ0v) is 12.0. The lowest BCUT2D eigenvalue weighted by molar-refractivity contribution is 0.197. The molecule has 0 atom stereocenters. The van der Waals surface area contributed by atoms with Crippen molar-refractivity contribution in [2.24, 2.45) is 5.73 Å². The van der Waals surface area contributed by atoms with E-state index in [9.17, 15) is 0 Å². The van der Waals surface area contributed by atoms with Crippen LogP contribution in [0.1, 0.15) is 52.9 Å². The summed E-state index contributed by atoms with van der Waals surface area (Å²) in [6, 6.07) is 0.445. The predicted molar refractivity (Wildman–Crippen MR) is 75.3 cm³/mol. The van der Waals surface area contributed by atoms with Gasteiger partial charge in [-0.25, -0.2) is 0 Å². The molecule has 0 unspecified atom stereocenters. The van der Waals surface area contributed by atoms with Gasteiger partial charge in [-0.05, 0) is 45.2 Å². The Hall–Kier alpha value is -0.120. The van der Waals surface area contributed by atoms with Gasteiger partial charge in [0.25, 0.3) is 0 Å². The Labute approximate surface area is 107 Å². The monoisotopic (exact) mass is 241 g/mol. The molecule has 3 N–H and O–H groups in total. The summed E-state index contributed by atoms with van der Waals surface area (Å²) in [6.07, 6.45) is 6.02. The van der Waals surface area contributed by atoms with Crippen LogP contribution in [0.25, 0.3) is 0 Å². The molecule has 0 aliphatic carbocycles. The van der Waals surface area contributed by atoms with Gasteiger partial charge in [-0.1, -0.05) is 20.8 Å². The minimum Gasteiger partial charge on any atom is -0.328 e. The second kappa shape index (κ2) is 7.34. The van der Waals surface area contributed by atoms with Crippen molar-refractivity contribution in [3.8, 4) is 0 Å². The first kappa shape index (κ1) is 14.9. The van der Waals surface area contributed by atoms with Crippen LogP contribution in [-0.2, 0) is 0 Å². The fourth-order valence-corrected chi connectivity index (χ4v) is 2.78. The van der Waals surface area contributed by atoms with E-state index in [1.165, 1.54) is 51.7 Å². The van der Waals surface area contributed by atoms with Gasteiger partial charge in [-0.15, -0.1) is 0 Å². The maximum atomic E-state index is 5.92. The Morgan fingerprint density at radius 2 is 1.65 bits per heavy atom. The quantitative estimate of drug-likeness (QED) is 0.716. The molecule has 0 spiro atoms.